The van der Waals surface area contributed by atoms with Crippen LogP contribution in [0.3, 0.4) is 0 Å². The number of ether oxygens (including phenoxy) is 2. The molecule has 128 valence electrons. The Kier molecular flexibility index (Phi) is 4.05. The van der Waals surface area contributed by atoms with Crippen LogP contribution in [0, 0.1) is 0 Å². The smallest absolute Gasteiger partial charge is 0.272 e. The summed E-state index contributed by atoms with van der Waals surface area (Å²) in [5, 5.41) is 4.06. The molecule has 0 radical (unpaired) electrons. The maximum absolute atomic E-state index is 12.8. The first-order valence-corrected chi connectivity index (χ1v) is 9.23. The van der Waals surface area contributed by atoms with E-state index >= 15 is 0 Å². The first-order valence-electron chi connectivity index (χ1n) is 8.01. The number of anilines is 1. The highest BCUT2D eigenvalue weighted by Crippen LogP contribution is 2.39. The van der Waals surface area contributed by atoms with Gasteiger partial charge in [-0.15, -0.1) is 11.8 Å². The van der Waals surface area contributed by atoms with Crippen LogP contribution >= 0.6 is 11.8 Å². The highest BCUT2D eigenvalue weighted by molar-refractivity contribution is 7.98. The van der Waals surface area contributed by atoms with Gasteiger partial charge in [0, 0.05) is 28.9 Å². The largest absolute Gasteiger partial charge is 0.486 e. The zero-order chi connectivity index (χ0) is 17.4. The van der Waals surface area contributed by atoms with Crippen LogP contribution in [0.5, 0.6) is 11.5 Å². The van der Waals surface area contributed by atoms with Gasteiger partial charge in [0.15, 0.2) is 11.5 Å². The summed E-state index contributed by atoms with van der Waals surface area (Å²) in [6.45, 7) is 1.06. The molecule has 6 heteroatoms. The number of carbonyl (C=O) groups is 1. The van der Waals surface area contributed by atoms with Gasteiger partial charge >= 0.3 is 0 Å². The molecule has 0 atom stereocenters. The summed E-state index contributed by atoms with van der Waals surface area (Å²) in [6, 6.07) is 13.6. The number of aryl methyl sites for hydroxylation is 1. The van der Waals surface area contributed by atoms with Crippen molar-refractivity contribution in [2.75, 3.05) is 24.8 Å². The molecule has 1 N–H and O–H groups in total. The summed E-state index contributed by atoms with van der Waals surface area (Å²) >= 11 is 1.56. The molecule has 25 heavy (non-hydrogen) atoms. The molecule has 0 fully saturated rings. The molecule has 2 aromatic carbocycles. The number of nitrogens with zero attached hydrogens (tertiary/aromatic N) is 1. The van der Waals surface area contributed by atoms with Crippen LogP contribution in [0.1, 0.15) is 10.5 Å². The van der Waals surface area contributed by atoms with Gasteiger partial charge in [-0.3, -0.25) is 4.79 Å². The molecule has 1 aromatic heterocycles. The van der Waals surface area contributed by atoms with Crippen molar-refractivity contribution in [3.8, 4) is 11.5 Å². The van der Waals surface area contributed by atoms with E-state index in [1.54, 1.807) is 11.8 Å². The fraction of sp³-hybridized carbons (Fsp3) is 0.211. The summed E-state index contributed by atoms with van der Waals surface area (Å²) < 4.78 is 13.2. The molecule has 4 rings (SSSR count). The van der Waals surface area contributed by atoms with Gasteiger partial charge in [0.05, 0.1) is 5.69 Å². The van der Waals surface area contributed by atoms with Gasteiger partial charge in [0.25, 0.3) is 5.91 Å². The summed E-state index contributed by atoms with van der Waals surface area (Å²) in [6.07, 6.45) is 1.97. The Morgan fingerprint density at radius 1 is 1.12 bits per heavy atom. The van der Waals surface area contributed by atoms with Gasteiger partial charge in [-0.1, -0.05) is 18.2 Å². The number of carbonyl (C=O) groups excluding carboxylic acids is 1. The van der Waals surface area contributed by atoms with Gasteiger partial charge in [-0.2, -0.15) is 0 Å². The van der Waals surface area contributed by atoms with Gasteiger partial charge in [0.2, 0.25) is 0 Å². The monoisotopic (exact) mass is 354 g/mol. The molecule has 0 spiro atoms. The lowest BCUT2D eigenvalue weighted by Crippen LogP contribution is -2.18. The lowest BCUT2D eigenvalue weighted by molar-refractivity contribution is 0.101. The van der Waals surface area contributed by atoms with Crippen molar-refractivity contribution in [1.82, 2.24) is 4.57 Å². The first-order chi connectivity index (χ1) is 12.2. The van der Waals surface area contributed by atoms with E-state index in [0.29, 0.717) is 24.7 Å². The third-order valence-electron chi connectivity index (χ3n) is 4.30. The molecule has 0 aliphatic carbocycles. The number of benzene rings is 2. The third kappa shape index (κ3) is 2.82. The van der Waals surface area contributed by atoms with E-state index in [0.717, 1.165) is 27.2 Å². The van der Waals surface area contributed by atoms with Crippen molar-refractivity contribution in [2.24, 2.45) is 7.05 Å². The van der Waals surface area contributed by atoms with Gasteiger partial charge in [-0.25, -0.2) is 0 Å². The predicted octanol–water partition coefficient (Wildman–Crippen LogP) is 3.92. The van der Waals surface area contributed by atoms with Crippen LogP contribution in [0.4, 0.5) is 5.69 Å². The minimum Gasteiger partial charge on any atom is -0.486 e. The number of fused-ring (bicyclic) bond motifs is 2. The Hall–Kier alpha value is -2.60. The highest BCUT2D eigenvalue weighted by Gasteiger charge is 2.19. The lowest BCUT2D eigenvalue weighted by atomic mass is 10.2. The maximum Gasteiger partial charge on any atom is 0.272 e. The number of para-hydroxylation sites is 1. The average Bonchev–Trinajstić information content (AvgIpc) is 2.98. The summed E-state index contributed by atoms with van der Waals surface area (Å²) in [4.78, 5) is 13.8. The second-order valence-electron chi connectivity index (χ2n) is 5.80. The normalized spacial score (nSPS) is 13.0. The Labute approximate surface area is 149 Å². The van der Waals surface area contributed by atoms with E-state index in [-0.39, 0.29) is 5.91 Å². The zero-order valence-electron chi connectivity index (χ0n) is 14.0. The van der Waals surface area contributed by atoms with Crippen LogP contribution in [0.25, 0.3) is 10.9 Å². The molecule has 0 saturated heterocycles. The third-order valence-corrected chi connectivity index (χ3v) is 5.07. The second-order valence-corrected chi connectivity index (χ2v) is 6.65. The number of thioether (sulfide) groups is 1. The first kappa shape index (κ1) is 15.9. The number of hydrogen-bond acceptors (Lipinski definition) is 4. The summed E-state index contributed by atoms with van der Waals surface area (Å²) in [5.41, 5.74) is 2.37. The fourth-order valence-electron chi connectivity index (χ4n) is 3.03. The van der Waals surface area contributed by atoms with Crippen LogP contribution in [0.2, 0.25) is 0 Å². The minimum atomic E-state index is -0.148. The van der Waals surface area contributed by atoms with Crippen molar-refractivity contribution < 1.29 is 14.3 Å². The van der Waals surface area contributed by atoms with E-state index in [1.165, 1.54) is 0 Å². The molecule has 3 aromatic rings. The number of amides is 1. The van der Waals surface area contributed by atoms with Crippen LogP contribution < -0.4 is 14.8 Å². The van der Waals surface area contributed by atoms with Crippen molar-refractivity contribution in [1.29, 1.82) is 0 Å². The molecule has 1 aliphatic heterocycles. The molecule has 1 aliphatic rings. The highest BCUT2D eigenvalue weighted by atomic mass is 32.2. The van der Waals surface area contributed by atoms with Crippen LogP contribution in [-0.4, -0.2) is 29.9 Å². The Morgan fingerprint density at radius 3 is 2.56 bits per heavy atom. The van der Waals surface area contributed by atoms with Gasteiger partial charge in [0.1, 0.15) is 18.9 Å². The second kappa shape index (κ2) is 6.37. The molecule has 0 bridgehead atoms. The molecular formula is C19H18N2O3S. The van der Waals surface area contributed by atoms with E-state index in [4.69, 9.17) is 9.47 Å². The quantitative estimate of drug-likeness (QED) is 0.724. The van der Waals surface area contributed by atoms with E-state index in [1.807, 2.05) is 60.3 Å². The van der Waals surface area contributed by atoms with E-state index in [2.05, 4.69) is 5.32 Å². The molecule has 1 amide bonds. The van der Waals surface area contributed by atoms with Crippen molar-refractivity contribution >= 4 is 34.3 Å². The van der Waals surface area contributed by atoms with E-state index in [9.17, 15) is 4.79 Å². The van der Waals surface area contributed by atoms with Gasteiger partial charge in [-0.05, 0) is 24.5 Å². The predicted molar refractivity (Wildman–Crippen MR) is 100 cm³/mol. The van der Waals surface area contributed by atoms with Crippen LogP contribution in [0.15, 0.2) is 47.4 Å². The summed E-state index contributed by atoms with van der Waals surface area (Å²) in [7, 11) is 1.90. The fourth-order valence-corrected chi connectivity index (χ4v) is 3.58. The molecular weight excluding hydrogens is 336 g/mol. The average molecular weight is 354 g/mol. The Morgan fingerprint density at radius 2 is 1.84 bits per heavy atom. The SMILES string of the molecule is CSc1cc2c(cc1NC(=O)c1cc3ccccc3n1C)OCCO2. The number of rotatable bonds is 3. The van der Waals surface area contributed by atoms with Crippen molar-refractivity contribution in [2.45, 2.75) is 4.90 Å². The van der Waals surface area contributed by atoms with E-state index < -0.39 is 0 Å². The Balaban J connectivity index is 1.69. The summed E-state index contributed by atoms with van der Waals surface area (Å²) in [5.74, 6) is 1.24. The minimum absolute atomic E-state index is 0.148. The molecule has 0 saturated carbocycles. The Bertz CT molecular complexity index is 965. The van der Waals surface area contributed by atoms with Crippen LogP contribution in [-0.2, 0) is 7.05 Å². The van der Waals surface area contributed by atoms with Gasteiger partial charge < -0.3 is 19.4 Å². The number of aromatic nitrogens is 1. The van der Waals surface area contributed by atoms with Crippen molar-refractivity contribution in [3.05, 3.63) is 48.2 Å². The number of hydrogen-bond donors (Lipinski definition) is 1. The zero-order valence-corrected chi connectivity index (χ0v) is 14.9. The molecule has 0 unspecified atom stereocenters. The standard InChI is InChI=1S/C19H18N2O3S/c1-21-14-6-4-3-5-12(14)9-15(21)19(22)20-13-10-16-17(11-18(13)25-2)24-8-7-23-16/h3-6,9-11H,7-8H2,1-2H3,(H,20,22). The van der Waals surface area contributed by atoms with Crippen molar-refractivity contribution in [3.63, 3.8) is 0 Å². The lowest BCUT2D eigenvalue weighted by Gasteiger charge is -2.21. The maximum atomic E-state index is 12.8. The number of nitrogens with one attached hydrogen (secondary N) is 1. The molecule has 5 nitrogen and oxygen atoms in total. The molecule has 2 heterocycles. The topological polar surface area (TPSA) is 52.5 Å².